The van der Waals surface area contributed by atoms with Crippen molar-refractivity contribution in [1.29, 1.82) is 0 Å². The van der Waals surface area contributed by atoms with Gasteiger partial charge in [0.2, 0.25) is 0 Å². The Bertz CT molecular complexity index is 392. The van der Waals surface area contributed by atoms with E-state index in [9.17, 15) is 13.6 Å². The fraction of sp³-hybridized carbons (Fsp3) is 0.364. The number of halogens is 4. The van der Waals surface area contributed by atoms with Crippen molar-refractivity contribution in [1.82, 2.24) is 0 Å². The highest BCUT2D eigenvalue weighted by Gasteiger charge is 2.23. The molecular weight excluding hydrogens is 346 g/mol. The summed E-state index contributed by atoms with van der Waals surface area (Å²) in [7, 11) is 0. The highest BCUT2D eigenvalue weighted by atomic mass is 79.9. The van der Waals surface area contributed by atoms with Crippen molar-refractivity contribution in [3.05, 3.63) is 34.9 Å². The van der Waals surface area contributed by atoms with Crippen molar-refractivity contribution in [2.24, 2.45) is 0 Å². The monoisotopic (exact) mass is 354 g/mol. The van der Waals surface area contributed by atoms with Crippen molar-refractivity contribution in [2.75, 3.05) is 0 Å². The molecule has 0 radical (unpaired) electrons. The average molecular weight is 356 g/mol. The van der Waals surface area contributed by atoms with Crippen molar-refractivity contribution in [2.45, 2.75) is 23.5 Å². The van der Waals surface area contributed by atoms with E-state index in [0.717, 1.165) is 0 Å². The maximum atomic E-state index is 12.9. The number of carbonyl (C=O) groups is 1. The smallest absolute Gasteiger partial charge is 0.264 e. The van der Waals surface area contributed by atoms with Gasteiger partial charge >= 0.3 is 0 Å². The molecule has 5 heteroatoms. The number of carbonyl (C=O) groups excluding carboxylic acids is 1. The summed E-state index contributed by atoms with van der Waals surface area (Å²) in [5.41, 5.74) is 0.376. The quantitative estimate of drug-likeness (QED) is 0.574. The Morgan fingerprint density at radius 1 is 1.44 bits per heavy atom. The van der Waals surface area contributed by atoms with E-state index in [1.807, 2.05) is 0 Å². The minimum Gasteiger partial charge on any atom is -0.293 e. The third kappa shape index (κ3) is 2.88. The first-order valence-corrected chi connectivity index (χ1v) is 6.67. The van der Waals surface area contributed by atoms with Gasteiger partial charge in [-0.2, -0.15) is 0 Å². The summed E-state index contributed by atoms with van der Waals surface area (Å²) in [4.78, 5) is 11.3. The minimum atomic E-state index is -2.64. The zero-order valence-electron chi connectivity index (χ0n) is 8.51. The molecule has 1 atom stereocenters. The van der Waals surface area contributed by atoms with Crippen molar-refractivity contribution >= 4 is 37.6 Å². The van der Waals surface area contributed by atoms with Gasteiger partial charge in [-0.15, -0.1) is 0 Å². The summed E-state index contributed by atoms with van der Waals surface area (Å²) in [5, 5.41) is 0.310. The predicted octanol–water partition coefficient (Wildman–Crippen LogP) is 4.49. The Morgan fingerprint density at radius 2 is 2.06 bits per heavy atom. The largest absolute Gasteiger partial charge is 0.293 e. The Kier molecular flexibility index (Phi) is 5.05. The molecule has 0 aliphatic carbocycles. The summed E-state index contributed by atoms with van der Waals surface area (Å²) in [6, 6.07) is 4.64. The Balaban J connectivity index is 3.33. The van der Waals surface area contributed by atoms with E-state index in [1.54, 1.807) is 19.1 Å². The van der Waals surface area contributed by atoms with E-state index in [2.05, 4.69) is 31.9 Å². The second-order valence-corrected chi connectivity index (χ2v) is 5.23. The van der Waals surface area contributed by atoms with E-state index in [-0.39, 0.29) is 16.9 Å². The highest BCUT2D eigenvalue weighted by molar-refractivity contribution is 9.10. The zero-order chi connectivity index (χ0) is 12.3. The zero-order valence-corrected chi connectivity index (χ0v) is 11.7. The third-order valence-electron chi connectivity index (χ3n) is 2.19. The molecule has 0 saturated heterocycles. The second-order valence-electron chi connectivity index (χ2n) is 3.29. The van der Waals surface area contributed by atoms with Crippen LogP contribution < -0.4 is 0 Å². The van der Waals surface area contributed by atoms with Crippen molar-refractivity contribution in [3.63, 3.8) is 0 Å². The van der Waals surface area contributed by atoms with Gasteiger partial charge in [-0.3, -0.25) is 4.79 Å². The summed E-state index contributed by atoms with van der Waals surface area (Å²) in [5.74, 6) is -0.321. The molecule has 1 nitrogen and oxygen atoms in total. The van der Waals surface area contributed by atoms with Gasteiger partial charge in [0, 0.05) is 16.5 Å². The molecule has 0 saturated carbocycles. The number of hydrogen-bond donors (Lipinski definition) is 0. The van der Waals surface area contributed by atoms with Crippen molar-refractivity contribution in [3.8, 4) is 0 Å². The fourth-order valence-corrected chi connectivity index (χ4v) is 2.15. The molecule has 0 bridgehead atoms. The molecule has 1 unspecified atom stereocenters. The van der Waals surface area contributed by atoms with Gasteiger partial charge in [0.1, 0.15) is 0 Å². The van der Waals surface area contributed by atoms with Crippen LogP contribution in [0, 0.1) is 0 Å². The van der Waals surface area contributed by atoms with E-state index < -0.39 is 11.3 Å². The molecule has 88 valence electrons. The van der Waals surface area contributed by atoms with Crippen LogP contribution in [-0.2, 0) is 5.33 Å². The molecule has 0 aliphatic rings. The molecule has 1 aromatic carbocycles. The summed E-state index contributed by atoms with van der Waals surface area (Å²) >= 11 is 6.24. The lowest BCUT2D eigenvalue weighted by Gasteiger charge is -2.12. The van der Waals surface area contributed by atoms with Crippen LogP contribution in [0.25, 0.3) is 0 Å². The molecule has 0 aliphatic heterocycles. The van der Waals surface area contributed by atoms with Gasteiger partial charge < -0.3 is 0 Å². The van der Waals surface area contributed by atoms with Gasteiger partial charge in [0.25, 0.3) is 6.43 Å². The molecule has 0 N–H and O–H groups in total. The first-order chi connectivity index (χ1) is 7.49. The first kappa shape index (κ1) is 13.8. The minimum absolute atomic E-state index is 0.0938. The molecule has 0 amide bonds. The molecule has 16 heavy (non-hydrogen) atoms. The van der Waals surface area contributed by atoms with Gasteiger partial charge in [0.05, 0.1) is 4.83 Å². The molecule has 1 aromatic rings. The number of ketones is 1. The Morgan fingerprint density at radius 3 is 2.50 bits per heavy atom. The van der Waals surface area contributed by atoms with Crippen LogP contribution in [-0.4, -0.2) is 10.6 Å². The number of alkyl halides is 4. The third-order valence-corrected chi connectivity index (χ3v) is 3.21. The van der Waals surface area contributed by atoms with Crippen LogP contribution in [0.15, 0.2) is 18.2 Å². The van der Waals surface area contributed by atoms with Crippen LogP contribution in [0.2, 0.25) is 0 Å². The maximum Gasteiger partial charge on any atom is 0.264 e. The van der Waals surface area contributed by atoms with Crippen LogP contribution >= 0.6 is 31.9 Å². The Labute approximate surface area is 109 Å². The van der Waals surface area contributed by atoms with Crippen LogP contribution in [0.3, 0.4) is 0 Å². The van der Waals surface area contributed by atoms with E-state index in [0.29, 0.717) is 10.9 Å². The standard InChI is InChI=1S/C11H10Br2F2O/c1-6(13)10(16)8-4-2-3-7(5-12)9(8)11(14)15/h2-4,6,11H,5H2,1H3. The van der Waals surface area contributed by atoms with Crippen LogP contribution in [0.1, 0.15) is 34.8 Å². The number of rotatable bonds is 4. The normalized spacial score (nSPS) is 12.9. The topological polar surface area (TPSA) is 17.1 Å². The summed E-state index contributed by atoms with van der Waals surface area (Å²) in [6.07, 6.45) is -2.64. The summed E-state index contributed by atoms with van der Waals surface area (Å²) < 4.78 is 25.8. The predicted molar refractivity (Wildman–Crippen MR) is 66.7 cm³/mol. The average Bonchev–Trinajstić information content (AvgIpc) is 2.26. The first-order valence-electron chi connectivity index (χ1n) is 4.63. The van der Waals surface area contributed by atoms with E-state index >= 15 is 0 Å². The molecule has 1 rings (SSSR count). The van der Waals surface area contributed by atoms with Crippen LogP contribution in [0.5, 0.6) is 0 Å². The molecule has 0 heterocycles. The summed E-state index contributed by atoms with van der Waals surface area (Å²) in [6.45, 7) is 1.62. The molecule has 0 fully saturated rings. The van der Waals surface area contributed by atoms with E-state index in [1.165, 1.54) is 6.07 Å². The number of Topliss-reactive ketones (excluding diaryl/α,β-unsaturated/α-hetero) is 1. The lowest BCUT2D eigenvalue weighted by atomic mass is 9.98. The number of hydrogen-bond acceptors (Lipinski definition) is 1. The van der Waals surface area contributed by atoms with Gasteiger partial charge in [0.15, 0.2) is 5.78 Å². The lowest BCUT2D eigenvalue weighted by molar-refractivity contribution is 0.0981. The molecule has 0 aromatic heterocycles. The van der Waals surface area contributed by atoms with Gasteiger partial charge in [-0.05, 0) is 12.5 Å². The van der Waals surface area contributed by atoms with Crippen LogP contribution in [0.4, 0.5) is 8.78 Å². The highest BCUT2D eigenvalue weighted by Crippen LogP contribution is 2.29. The van der Waals surface area contributed by atoms with Gasteiger partial charge in [-0.1, -0.05) is 50.1 Å². The van der Waals surface area contributed by atoms with E-state index in [4.69, 9.17) is 0 Å². The number of benzene rings is 1. The fourth-order valence-electron chi connectivity index (χ4n) is 1.42. The lowest BCUT2D eigenvalue weighted by Crippen LogP contribution is -2.14. The maximum absolute atomic E-state index is 12.9. The second kappa shape index (κ2) is 5.87. The SMILES string of the molecule is CC(Br)C(=O)c1cccc(CBr)c1C(F)F. The van der Waals surface area contributed by atoms with Gasteiger partial charge in [-0.25, -0.2) is 8.78 Å². The Hall–Kier alpha value is -0.290. The molecular formula is C11H10Br2F2O. The molecule has 0 spiro atoms. The van der Waals surface area contributed by atoms with Crippen molar-refractivity contribution < 1.29 is 13.6 Å².